The summed E-state index contributed by atoms with van der Waals surface area (Å²) in [5.41, 5.74) is 3.17. The summed E-state index contributed by atoms with van der Waals surface area (Å²) in [5.74, 6) is 0.852. The lowest BCUT2D eigenvalue weighted by molar-refractivity contribution is 0.317. The maximum atomic E-state index is 9.08. The number of benzene rings is 1. The van der Waals surface area contributed by atoms with E-state index in [9.17, 15) is 0 Å². The van der Waals surface area contributed by atoms with Gasteiger partial charge < -0.3 is 10.1 Å². The smallest absolute Gasteiger partial charge is 0.0906 e. The molecule has 1 fully saturated rings. The molecular weight excluding hydrogens is 224 g/mol. The van der Waals surface area contributed by atoms with Crippen LogP contribution in [0.5, 0.6) is 0 Å². The molecule has 3 heteroatoms. The monoisotopic (exact) mass is 244 g/mol. The Bertz CT molecular complexity index is 450. The summed E-state index contributed by atoms with van der Waals surface area (Å²) in [5, 5.41) is 12.5. The van der Waals surface area contributed by atoms with Gasteiger partial charge in [-0.15, -0.1) is 0 Å². The quantitative estimate of drug-likeness (QED) is 0.640. The van der Waals surface area contributed by atoms with Gasteiger partial charge in [-0.2, -0.15) is 0 Å². The third kappa shape index (κ3) is 2.09. The lowest BCUT2D eigenvalue weighted by atomic mass is 9.98. The second-order valence-corrected chi connectivity index (χ2v) is 5.41. The van der Waals surface area contributed by atoms with Crippen LogP contribution in [0, 0.1) is 5.92 Å². The standard InChI is InChI=1S/C15H20N2O/c18-16-14-9-10-17(11-12-5-1-2-6-12)15-8-4-3-7-13(14)15/h3-4,7-8,12,18H,1-2,5-6,9-11H2. The van der Waals surface area contributed by atoms with Gasteiger partial charge in [0.15, 0.2) is 0 Å². The molecule has 1 N–H and O–H groups in total. The van der Waals surface area contributed by atoms with E-state index in [2.05, 4.69) is 28.3 Å². The fourth-order valence-electron chi connectivity index (χ4n) is 3.29. The molecule has 96 valence electrons. The van der Waals surface area contributed by atoms with Crippen LogP contribution in [0.2, 0.25) is 0 Å². The van der Waals surface area contributed by atoms with Crippen LogP contribution in [-0.2, 0) is 0 Å². The number of para-hydroxylation sites is 1. The second kappa shape index (κ2) is 5.01. The Morgan fingerprint density at radius 2 is 2.00 bits per heavy atom. The first-order valence-corrected chi connectivity index (χ1v) is 6.94. The zero-order valence-corrected chi connectivity index (χ0v) is 10.7. The molecule has 0 aromatic heterocycles. The molecule has 0 radical (unpaired) electrons. The van der Waals surface area contributed by atoms with Gasteiger partial charge in [0.1, 0.15) is 0 Å². The average Bonchev–Trinajstić information content (AvgIpc) is 2.92. The van der Waals surface area contributed by atoms with E-state index in [0.29, 0.717) is 0 Å². The van der Waals surface area contributed by atoms with E-state index in [1.807, 2.05) is 6.07 Å². The topological polar surface area (TPSA) is 35.8 Å². The van der Waals surface area contributed by atoms with Gasteiger partial charge in [-0.05, 0) is 24.8 Å². The van der Waals surface area contributed by atoms with Crippen molar-refractivity contribution in [2.75, 3.05) is 18.0 Å². The number of anilines is 1. The normalized spacial score (nSPS) is 22.4. The minimum atomic E-state index is 0.827. The Labute approximate surface area is 108 Å². The van der Waals surface area contributed by atoms with Crippen molar-refractivity contribution >= 4 is 11.4 Å². The Kier molecular flexibility index (Phi) is 3.22. The van der Waals surface area contributed by atoms with Crippen molar-refractivity contribution in [1.82, 2.24) is 0 Å². The van der Waals surface area contributed by atoms with Crippen LogP contribution in [0.15, 0.2) is 29.4 Å². The van der Waals surface area contributed by atoms with E-state index in [0.717, 1.165) is 36.7 Å². The molecule has 1 aromatic rings. The zero-order chi connectivity index (χ0) is 12.4. The molecular formula is C15H20N2O. The molecule has 0 amide bonds. The molecule has 1 aliphatic carbocycles. The number of nitrogens with zero attached hydrogens (tertiary/aromatic N) is 2. The van der Waals surface area contributed by atoms with Crippen molar-refractivity contribution in [2.24, 2.45) is 11.1 Å². The molecule has 0 saturated heterocycles. The maximum Gasteiger partial charge on any atom is 0.0906 e. The number of hydrogen-bond acceptors (Lipinski definition) is 3. The highest BCUT2D eigenvalue weighted by Gasteiger charge is 2.25. The molecule has 0 atom stereocenters. The van der Waals surface area contributed by atoms with Gasteiger partial charge in [0, 0.05) is 30.8 Å². The van der Waals surface area contributed by atoms with Crippen molar-refractivity contribution in [3.8, 4) is 0 Å². The van der Waals surface area contributed by atoms with Crippen molar-refractivity contribution in [2.45, 2.75) is 32.1 Å². The van der Waals surface area contributed by atoms with E-state index in [1.165, 1.54) is 31.4 Å². The molecule has 18 heavy (non-hydrogen) atoms. The first-order valence-electron chi connectivity index (χ1n) is 6.94. The predicted molar refractivity (Wildman–Crippen MR) is 73.6 cm³/mol. The van der Waals surface area contributed by atoms with Crippen LogP contribution >= 0.6 is 0 Å². The lowest BCUT2D eigenvalue weighted by Gasteiger charge is -2.33. The molecule has 0 spiro atoms. The van der Waals surface area contributed by atoms with E-state index < -0.39 is 0 Å². The summed E-state index contributed by atoms with van der Waals surface area (Å²) < 4.78 is 0. The SMILES string of the molecule is ON=C1CCN(CC2CCCC2)c2ccccc21. The van der Waals surface area contributed by atoms with Crippen LogP contribution in [0.25, 0.3) is 0 Å². The summed E-state index contributed by atoms with van der Waals surface area (Å²) >= 11 is 0. The van der Waals surface area contributed by atoms with Crippen LogP contribution < -0.4 is 4.90 Å². The van der Waals surface area contributed by atoms with Gasteiger partial charge in [0.2, 0.25) is 0 Å². The highest BCUT2D eigenvalue weighted by atomic mass is 16.4. The fraction of sp³-hybridized carbons (Fsp3) is 0.533. The molecule has 1 aliphatic heterocycles. The van der Waals surface area contributed by atoms with Gasteiger partial charge in [-0.25, -0.2) is 0 Å². The molecule has 3 rings (SSSR count). The van der Waals surface area contributed by atoms with Gasteiger partial charge in [0.25, 0.3) is 0 Å². The summed E-state index contributed by atoms with van der Waals surface area (Å²) in [6.45, 7) is 2.14. The first-order chi connectivity index (χ1) is 8.88. The zero-order valence-electron chi connectivity index (χ0n) is 10.7. The van der Waals surface area contributed by atoms with E-state index in [1.54, 1.807) is 0 Å². The molecule has 1 saturated carbocycles. The summed E-state index contributed by atoms with van der Waals surface area (Å²) in [4.78, 5) is 2.47. The predicted octanol–water partition coefficient (Wildman–Crippen LogP) is 3.27. The van der Waals surface area contributed by atoms with Crippen molar-refractivity contribution in [1.29, 1.82) is 0 Å². The van der Waals surface area contributed by atoms with Gasteiger partial charge in [-0.1, -0.05) is 36.2 Å². The van der Waals surface area contributed by atoms with E-state index in [4.69, 9.17) is 5.21 Å². The van der Waals surface area contributed by atoms with Crippen molar-refractivity contribution in [3.05, 3.63) is 29.8 Å². The van der Waals surface area contributed by atoms with Gasteiger partial charge in [0.05, 0.1) is 5.71 Å². The summed E-state index contributed by atoms with van der Waals surface area (Å²) in [7, 11) is 0. The third-order valence-corrected chi connectivity index (χ3v) is 4.25. The summed E-state index contributed by atoms with van der Waals surface area (Å²) in [6, 6.07) is 8.30. The fourth-order valence-corrected chi connectivity index (χ4v) is 3.29. The molecule has 1 aromatic carbocycles. The van der Waals surface area contributed by atoms with E-state index in [-0.39, 0.29) is 0 Å². The average molecular weight is 244 g/mol. The Balaban J connectivity index is 1.84. The third-order valence-electron chi connectivity index (χ3n) is 4.25. The highest BCUT2D eigenvalue weighted by Crippen LogP contribution is 2.31. The number of hydrogen-bond donors (Lipinski definition) is 1. The van der Waals surface area contributed by atoms with E-state index >= 15 is 0 Å². The number of oxime groups is 1. The highest BCUT2D eigenvalue weighted by molar-refractivity contribution is 6.06. The number of rotatable bonds is 2. The van der Waals surface area contributed by atoms with Crippen molar-refractivity contribution < 1.29 is 5.21 Å². The molecule has 1 heterocycles. The minimum Gasteiger partial charge on any atom is -0.411 e. The van der Waals surface area contributed by atoms with Crippen LogP contribution in [0.4, 0.5) is 5.69 Å². The number of fused-ring (bicyclic) bond motifs is 1. The van der Waals surface area contributed by atoms with Crippen LogP contribution in [0.1, 0.15) is 37.7 Å². The van der Waals surface area contributed by atoms with Gasteiger partial charge >= 0.3 is 0 Å². The molecule has 3 nitrogen and oxygen atoms in total. The summed E-state index contributed by atoms with van der Waals surface area (Å²) in [6.07, 6.45) is 6.38. The Morgan fingerprint density at radius 1 is 1.22 bits per heavy atom. The Hall–Kier alpha value is -1.51. The minimum absolute atomic E-state index is 0.827. The molecule has 0 unspecified atom stereocenters. The molecule has 2 aliphatic rings. The van der Waals surface area contributed by atoms with Crippen LogP contribution in [-0.4, -0.2) is 24.0 Å². The largest absolute Gasteiger partial charge is 0.411 e. The van der Waals surface area contributed by atoms with Crippen LogP contribution in [0.3, 0.4) is 0 Å². The lowest BCUT2D eigenvalue weighted by Crippen LogP contribution is -2.35. The first kappa shape index (κ1) is 11.6. The maximum absolute atomic E-state index is 9.08. The van der Waals surface area contributed by atoms with Crippen molar-refractivity contribution in [3.63, 3.8) is 0 Å². The van der Waals surface area contributed by atoms with Gasteiger partial charge in [-0.3, -0.25) is 0 Å². The molecule has 0 bridgehead atoms. The Morgan fingerprint density at radius 3 is 2.78 bits per heavy atom. The second-order valence-electron chi connectivity index (χ2n) is 5.41.